The summed E-state index contributed by atoms with van der Waals surface area (Å²) in [5.41, 5.74) is 0.976. The van der Waals surface area contributed by atoms with E-state index in [1.165, 1.54) is 21.6 Å². The average molecular weight is 534 g/mol. The monoisotopic (exact) mass is 533 g/mol. The number of amides is 1. The maximum absolute atomic E-state index is 13.1. The van der Waals surface area contributed by atoms with E-state index in [2.05, 4.69) is 15.2 Å². The lowest BCUT2D eigenvalue weighted by atomic mass is 10.2. The van der Waals surface area contributed by atoms with Gasteiger partial charge < -0.3 is 24.3 Å². The van der Waals surface area contributed by atoms with Crippen LogP contribution in [0.5, 0.6) is 5.75 Å². The molecule has 0 saturated heterocycles. The van der Waals surface area contributed by atoms with Crippen LogP contribution in [0.25, 0.3) is 5.69 Å². The molecule has 1 aromatic carbocycles. The molecule has 4 rings (SSSR count). The Morgan fingerprint density at radius 2 is 1.79 bits per heavy atom. The predicted octanol–water partition coefficient (Wildman–Crippen LogP) is 2.63. The Balaban J connectivity index is 1.58. The van der Waals surface area contributed by atoms with Crippen molar-refractivity contribution in [1.82, 2.24) is 19.2 Å². The van der Waals surface area contributed by atoms with Crippen molar-refractivity contribution in [2.75, 3.05) is 32.6 Å². The van der Waals surface area contributed by atoms with E-state index in [1.807, 2.05) is 0 Å². The fraction of sp³-hybridized carbons (Fsp3) is 0.360. The minimum absolute atomic E-state index is 0.0966. The molecule has 0 spiro atoms. The lowest BCUT2D eigenvalue weighted by Crippen LogP contribution is -2.29. The van der Waals surface area contributed by atoms with Gasteiger partial charge in [-0.05, 0) is 55.7 Å². The van der Waals surface area contributed by atoms with Crippen LogP contribution in [0.4, 0.5) is 24.7 Å². The van der Waals surface area contributed by atoms with Gasteiger partial charge in [0.1, 0.15) is 18.0 Å². The molecular formula is C25H26F3N5O5. The van der Waals surface area contributed by atoms with Gasteiger partial charge in [-0.1, -0.05) is 0 Å². The highest BCUT2D eigenvalue weighted by Gasteiger charge is 2.31. The zero-order valence-electron chi connectivity index (χ0n) is 20.7. The third kappa shape index (κ3) is 6.22. The van der Waals surface area contributed by atoms with E-state index < -0.39 is 12.1 Å². The van der Waals surface area contributed by atoms with Crippen molar-refractivity contribution < 1.29 is 27.4 Å². The molecule has 1 amide bonds. The highest BCUT2D eigenvalue weighted by molar-refractivity contribution is 5.76. The molecule has 202 valence electrons. The number of pyridine rings is 1. The summed E-state index contributed by atoms with van der Waals surface area (Å²) in [6.45, 7) is 0.266. The molecule has 38 heavy (non-hydrogen) atoms. The normalized spacial score (nSPS) is 12.8. The van der Waals surface area contributed by atoms with Gasteiger partial charge >= 0.3 is 6.36 Å². The van der Waals surface area contributed by atoms with Gasteiger partial charge in [-0.15, -0.1) is 18.3 Å². The first-order valence-electron chi connectivity index (χ1n) is 11.8. The number of benzene rings is 1. The van der Waals surface area contributed by atoms with Gasteiger partial charge in [0.25, 0.3) is 11.1 Å². The van der Waals surface area contributed by atoms with Crippen LogP contribution < -0.4 is 21.2 Å². The molecule has 0 aliphatic heterocycles. The zero-order valence-corrected chi connectivity index (χ0v) is 20.7. The second-order valence-corrected chi connectivity index (χ2v) is 8.80. The van der Waals surface area contributed by atoms with Gasteiger partial charge in [0.2, 0.25) is 5.91 Å². The Labute approximate surface area is 215 Å². The third-order valence-electron chi connectivity index (χ3n) is 5.94. The maximum Gasteiger partial charge on any atom is 0.573 e. The van der Waals surface area contributed by atoms with Crippen LogP contribution in [-0.4, -0.2) is 58.8 Å². The standard InChI is InChI=1S/C25H26F3N5O5/c1-31(2)21(34)15-37-14-13-32-12-4-7-20(24(32)36)29-22-18-5-3-6-19(18)23(35)33(30-22)16-8-10-17(11-9-16)38-25(26,27)28/h4,7-12H,3,5-6,13-15H2,1-2H3,(H,29,30). The van der Waals surface area contributed by atoms with Crippen molar-refractivity contribution in [3.8, 4) is 11.4 Å². The molecule has 1 N–H and O–H groups in total. The summed E-state index contributed by atoms with van der Waals surface area (Å²) in [6.07, 6.45) is -1.41. The van der Waals surface area contributed by atoms with Gasteiger partial charge in [0.15, 0.2) is 5.82 Å². The fourth-order valence-electron chi connectivity index (χ4n) is 4.03. The summed E-state index contributed by atoms with van der Waals surface area (Å²) in [5, 5.41) is 7.45. The molecule has 1 aliphatic carbocycles. The van der Waals surface area contributed by atoms with E-state index in [4.69, 9.17) is 4.74 Å². The number of aromatic nitrogens is 3. The van der Waals surface area contributed by atoms with E-state index in [9.17, 15) is 27.6 Å². The van der Waals surface area contributed by atoms with Crippen LogP contribution in [0.1, 0.15) is 17.5 Å². The van der Waals surface area contributed by atoms with E-state index in [-0.39, 0.29) is 48.2 Å². The van der Waals surface area contributed by atoms with Gasteiger partial charge in [0, 0.05) is 38.0 Å². The summed E-state index contributed by atoms with van der Waals surface area (Å²) in [7, 11) is 3.24. The molecule has 0 saturated carbocycles. The summed E-state index contributed by atoms with van der Waals surface area (Å²) in [5.74, 6) is -0.297. The molecule has 1 aliphatic rings. The Hall–Kier alpha value is -4.13. The summed E-state index contributed by atoms with van der Waals surface area (Å²) >= 11 is 0. The molecule has 2 heterocycles. The number of nitrogens with one attached hydrogen (secondary N) is 1. The SMILES string of the molecule is CN(C)C(=O)COCCn1cccc(Nc2nn(-c3ccc(OC(F)(F)F)cc3)c(=O)c3c2CCC3)c1=O. The highest BCUT2D eigenvalue weighted by atomic mass is 19.4. The molecular weight excluding hydrogens is 507 g/mol. The number of hydrogen-bond donors (Lipinski definition) is 1. The fourth-order valence-corrected chi connectivity index (χ4v) is 4.03. The molecule has 0 atom stereocenters. The minimum Gasteiger partial charge on any atom is -0.406 e. The maximum atomic E-state index is 13.1. The number of ether oxygens (including phenoxy) is 2. The molecule has 13 heteroatoms. The van der Waals surface area contributed by atoms with Crippen molar-refractivity contribution in [1.29, 1.82) is 0 Å². The van der Waals surface area contributed by atoms with Crippen molar-refractivity contribution >= 4 is 17.4 Å². The lowest BCUT2D eigenvalue weighted by Gasteiger charge is -2.15. The van der Waals surface area contributed by atoms with Crippen LogP contribution in [-0.2, 0) is 28.9 Å². The van der Waals surface area contributed by atoms with E-state index in [1.54, 1.807) is 32.4 Å². The van der Waals surface area contributed by atoms with Crippen molar-refractivity contribution in [2.45, 2.75) is 32.2 Å². The van der Waals surface area contributed by atoms with Crippen molar-refractivity contribution in [3.63, 3.8) is 0 Å². The van der Waals surface area contributed by atoms with Crippen LogP contribution in [0.2, 0.25) is 0 Å². The quantitative estimate of drug-likeness (QED) is 0.422. The smallest absolute Gasteiger partial charge is 0.406 e. The zero-order chi connectivity index (χ0) is 27.4. The topological polar surface area (TPSA) is 108 Å². The van der Waals surface area contributed by atoms with Crippen LogP contribution in [0.3, 0.4) is 0 Å². The van der Waals surface area contributed by atoms with Crippen molar-refractivity contribution in [2.24, 2.45) is 0 Å². The molecule has 10 nitrogen and oxygen atoms in total. The summed E-state index contributed by atoms with van der Waals surface area (Å²) in [6, 6.07) is 8.05. The van der Waals surface area contributed by atoms with E-state index in [0.717, 1.165) is 23.2 Å². The Kier molecular flexibility index (Phi) is 7.86. The summed E-state index contributed by atoms with van der Waals surface area (Å²) < 4.78 is 49.3. The third-order valence-corrected chi connectivity index (χ3v) is 5.94. The first-order valence-corrected chi connectivity index (χ1v) is 11.8. The highest BCUT2D eigenvalue weighted by Crippen LogP contribution is 2.28. The summed E-state index contributed by atoms with van der Waals surface area (Å²) in [4.78, 5) is 39.2. The molecule has 0 fully saturated rings. The Bertz CT molecular complexity index is 1430. The average Bonchev–Trinajstić information content (AvgIpc) is 3.36. The number of carbonyl (C=O) groups excluding carboxylic acids is 1. The van der Waals surface area contributed by atoms with Crippen molar-refractivity contribution in [3.05, 3.63) is 74.4 Å². The first kappa shape index (κ1) is 26.9. The van der Waals surface area contributed by atoms with E-state index >= 15 is 0 Å². The first-order chi connectivity index (χ1) is 18.0. The van der Waals surface area contributed by atoms with Gasteiger partial charge in [-0.2, -0.15) is 4.68 Å². The van der Waals surface area contributed by atoms with Crippen LogP contribution >= 0.6 is 0 Å². The lowest BCUT2D eigenvalue weighted by molar-refractivity contribution is -0.274. The Morgan fingerprint density at radius 1 is 1.08 bits per heavy atom. The van der Waals surface area contributed by atoms with Gasteiger partial charge in [-0.3, -0.25) is 14.4 Å². The number of nitrogens with zero attached hydrogens (tertiary/aromatic N) is 4. The largest absolute Gasteiger partial charge is 0.573 e. The second kappa shape index (κ2) is 11.1. The second-order valence-electron chi connectivity index (χ2n) is 8.80. The number of hydrogen-bond acceptors (Lipinski definition) is 7. The number of rotatable bonds is 9. The number of anilines is 2. The molecule has 2 aromatic heterocycles. The van der Waals surface area contributed by atoms with E-state index in [0.29, 0.717) is 29.8 Å². The van der Waals surface area contributed by atoms with Gasteiger partial charge in [0.05, 0.1) is 12.3 Å². The number of carbonyl (C=O) groups is 1. The Morgan fingerprint density at radius 3 is 2.47 bits per heavy atom. The number of halogens is 3. The number of fused-ring (bicyclic) bond motifs is 1. The van der Waals surface area contributed by atoms with Gasteiger partial charge in [-0.25, -0.2) is 0 Å². The predicted molar refractivity (Wildman–Crippen MR) is 132 cm³/mol. The van der Waals surface area contributed by atoms with Crippen LogP contribution in [0, 0.1) is 0 Å². The molecule has 0 unspecified atom stereocenters. The number of likely N-dealkylation sites (N-methyl/N-ethyl adjacent to an activating group) is 1. The minimum atomic E-state index is -4.83. The molecule has 3 aromatic rings. The molecule has 0 bridgehead atoms. The molecule has 0 radical (unpaired) electrons. The van der Waals surface area contributed by atoms with Crippen LogP contribution in [0.15, 0.2) is 52.2 Å². The number of alkyl halides is 3.